The number of fused-ring (bicyclic) bond motifs is 1. The average molecular weight is 561 g/mol. The molecule has 0 radical (unpaired) electrons. The van der Waals surface area contributed by atoms with Crippen LogP contribution in [0.5, 0.6) is 0 Å². The van der Waals surface area contributed by atoms with Crippen molar-refractivity contribution in [1.29, 1.82) is 5.41 Å². The van der Waals surface area contributed by atoms with Crippen LogP contribution in [0.15, 0.2) is 42.5 Å². The number of halogens is 2. The van der Waals surface area contributed by atoms with Crippen molar-refractivity contribution in [3.63, 3.8) is 0 Å². The molecule has 0 atom stereocenters. The lowest BCUT2D eigenvalue weighted by Gasteiger charge is -2.33. The maximum absolute atomic E-state index is 13.0. The third kappa shape index (κ3) is 6.03. The van der Waals surface area contributed by atoms with Crippen molar-refractivity contribution < 1.29 is 4.79 Å². The number of hydrogen-bond acceptors (Lipinski definition) is 5. The van der Waals surface area contributed by atoms with Crippen molar-refractivity contribution in [3.8, 4) is 0 Å². The monoisotopic (exact) mass is 559 g/mol. The molecule has 0 bridgehead atoms. The zero-order valence-electron chi connectivity index (χ0n) is 20.0. The van der Waals surface area contributed by atoms with E-state index in [-0.39, 0.29) is 11.7 Å². The molecule has 1 amide bonds. The van der Waals surface area contributed by atoms with E-state index in [9.17, 15) is 4.79 Å². The number of anilines is 1. The fourth-order valence-corrected chi connectivity index (χ4v) is 5.10. The molecule has 2 heterocycles. The van der Waals surface area contributed by atoms with Crippen LogP contribution in [-0.2, 0) is 24.7 Å². The van der Waals surface area contributed by atoms with E-state index < -0.39 is 0 Å². The van der Waals surface area contributed by atoms with E-state index in [0.717, 1.165) is 66.9 Å². The molecule has 1 aliphatic heterocycles. The van der Waals surface area contributed by atoms with E-state index >= 15 is 0 Å². The van der Waals surface area contributed by atoms with Gasteiger partial charge in [0.2, 0.25) is 5.91 Å². The molecule has 35 heavy (non-hydrogen) atoms. The predicted molar refractivity (Wildman–Crippen MR) is 145 cm³/mol. The molecule has 0 unspecified atom stereocenters. The molecule has 1 aromatic heterocycles. The maximum atomic E-state index is 13.0. The molecule has 3 aromatic rings. The minimum absolute atomic E-state index is 0.0644. The Labute approximate surface area is 219 Å². The Bertz CT molecular complexity index is 1200. The number of likely N-dealkylation sites (N-methyl/N-ethyl adjacent to an activating group) is 1. The Morgan fingerprint density at radius 3 is 2.51 bits per heavy atom. The molecular formula is C25H31BrClN7O. The number of hydrogen-bond donors (Lipinski definition) is 2. The molecule has 0 saturated carbocycles. The van der Waals surface area contributed by atoms with Crippen molar-refractivity contribution in [2.75, 3.05) is 31.6 Å². The van der Waals surface area contributed by atoms with Gasteiger partial charge in [-0.2, -0.15) is 3.45 Å². The molecule has 2 aromatic carbocycles. The predicted octanol–water partition coefficient (Wildman–Crippen LogP) is 3.84. The van der Waals surface area contributed by atoms with E-state index in [1.54, 1.807) is 8.34 Å². The second kappa shape index (κ2) is 11.1. The lowest BCUT2D eigenvalue weighted by molar-refractivity contribution is -0.119. The van der Waals surface area contributed by atoms with Crippen LogP contribution in [0.2, 0.25) is 0 Å². The number of amidine groups is 1. The number of carbonyl (C=O) groups excluding carboxylic acids is 1. The highest BCUT2D eigenvalue weighted by Crippen LogP contribution is 2.24. The summed E-state index contributed by atoms with van der Waals surface area (Å²) in [6, 6.07) is 14.1. The summed E-state index contributed by atoms with van der Waals surface area (Å²) >= 11 is 9.31. The summed E-state index contributed by atoms with van der Waals surface area (Å²) in [5, 5.41) is 7.52. The minimum atomic E-state index is 0.0644. The smallest absolute Gasteiger partial charge is 0.240 e. The van der Waals surface area contributed by atoms with Gasteiger partial charge in [-0.05, 0) is 54.8 Å². The number of likely N-dealkylation sites (tertiary alicyclic amines) is 1. The van der Waals surface area contributed by atoms with Crippen LogP contribution in [0.25, 0.3) is 11.0 Å². The van der Waals surface area contributed by atoms with Crippen molar-refractivity contribution in [2.45, 2.75) is 31.7 Å². The number of carbonyl (C=O) groups is 1. The van der Waals surface area contributed by atoms with E-state index in [2.05, 4.69) is 25.6 Å². The first-order valence-electron chi connectivity index (χ1n) is 11.7. The zero-order valence-corrected chi connectivity index (χ0v) is 22.4. The Morgan fingerprint density at radius 2 is 1.89 bits per heavy atom. The lowest BCUT2D eigenvalue weighted by Crippen LogP contribution is -2.44. The highest BCUT2D eigenvalue weighted by molar-refractivity contribution is 9.08. The first kappa shape index (κ1) is 25.6. The number of piperidine rings is 1. The Morgan fingerprint density at radius 1 is 1.20 bits per heavy atom. The average Bonchev–Trinajstić information content (AvgIpc) is 3.17. The molecule has 1 saturated heterocycles. The summed E-state index contributed by atoms with van der Waals surface area (Å²) in [5.41, 5.74) is 10.2. The Balaban J connectivity index is 1.40. The number of imidazole rings is 1. The summed E-state index contributed by atoms with van der Waals surface area (Å²) in [6.07, 6.45) is 3.48. The van der Waals surface area contributed by atoms with Gasteiger partial charge in [-0.3, -0.25) is 15.1 Å². The molecule has 1 fully saturated rings. The normalized spacial score (nSPS) is 15.1. The van der Waals surface area contributed by atoms with E-state index in [4.69, 9.17) is 27.9 Å². The standard InChI is InChI=1S/C25H31BrClN7O/c1-31(24(35)16-33-13-11-19(12-14-33)34(26)27)20-8-9-22-21(15-20)30-23(32(22)2)10-5-17-3-6-18(7-4-17)25(28)29/h3-4,6-9,15,19H,5,10-14,16H2,1-2H3,(H3,28,29). The number of aromatic nitrogens is 2. The second-order valence-electron chi connectivity index (χ2n) is 9.09. The fraction of sp³-hybridized carbons (Fsp3) is 0.400. The topological polar surface area (TPSA) is 94.5 Å². The Hall–Kier alpha value is -2.46. The summed E-state index contributed by atoms with van der Waals surface area (Å²) < 4.78 is 3.68. The van der Waals surface area contributed by atoms with Crippen molar-refractivity contribution in [1.82, 2.24) is 17.9 Å². The van der Waals surface area contributed by atoms with Crippen LogP contribution in [0.1, 0.15) is 29.8 Å². The van der Waals surface area contributed by atoms with Crippen LogP contribution >= 0.6 is 27.9 Å². The van der Waals surface area contributed by atoms with E-state index in [1.165, 1.54) is 5.56 Å². The first-order chi connectivity index (χ1) is 16.7. The van der Waals surface area contributed by atoms with Crippen LogP contribution in [0, 0.1) is 5.41 Å². The SMILES string of the molecule is CN(C(=O)CN1CCC(N(Cl)Br)CC1)c1ccc2c(c1)nc(CCc1ccc(C(=N)N)cc1)n2C. The number of nitrogens with zero attached hydrogens (tertiary/aromatic N) is 5. The number of rotatable bonds is 8. The van der Waals surface area contributed by atoms with Crippen molar-refractivity contribution in [2.24, 2.45) is 12.8 Å². The van der Waals surface area contributed by atoms with E-state index in [1.807, 2.05) is 56.6 Å². The quantitative estimate of drug-likeness (QED) is 0.248. The Kier molecular flexibility index (Phi) is 8.11. The van der Waals surface area contributed by atoms with Gasteiger partial charge in [0.25, 0.3) is 0 Å². The highest BCUT2D eigenvalue weighted by Gasteiger charge is 2.25. The largest absolute Gasteiger partial charge is 0.384 e. The van der Waals surface area contributed by atoms with Crippen LogP contribution in [-0.4, -0.2) is 62.4 Å². The van der Waals surface area contributed by atoms with Crippen molar-refractivity contribution in [3.05, 3.63) is 59.4 Å². The van der Waals surface area contributed by atoms with Gasteiger partial charge in [0.1, 0.15) is 11.7 Å². The highest BCUT2D eigenvalue weighted by atomic mass is 79.9. The van der Waals surface area contributed by atoms with Gasteiger partial charge in [-0.25, -0.2) is 4.98 Å². The van der Waals surface area contributed by atoms with Gasteiger partial charge in [-0.15, -0.1) is 0 Å². The number of aryl methyl sites for hydroxylation is 3. The first-order valence-corrected chi connectivity index (χ1v) is 12.8. The molecular weight excluding hydrogens is 530 g/mol. The van der Waals surface area contributed by atoms with Gasteiger partial charge in [0.05, 0.1) is 17.6 Å². The molecule has 186 valence electrons. The van der Waals surface area contributed by atoms with Gasteiger partial charge in [-0.1, -0.05) is 24.3 Å². The summed E-state index contributed by atoms with van der Waals surface area (Å²) in [6.45, 7) is 2.08. The fourth-order valence-electron chi connectivity index (χ4n) is 4.49. The number of benzene rings is 2. The number of nitrogen functional groups attached to an aromatic ring is 1. The number of nitrogens with one attached hydrogen (secondary N) is 1. The van der Waals surface area contributed by atoms with Gasteiger partial charge < -0.3 is 15.2 Å². The molecule has 10 heteroatoms. The third-order valence-corrected chi connectivity index (χ3v) is 7.67. The van der Waals surface area contributed by atoms with Gasteiger partial charge in [0, 0.05) is 67.0 Å². The third-order valence-electron chi connectivity index (χ3n) is 6.81. The number of amides is 1. The minimum Gasteiger partial charge on any atom is -0.384 e. The molecule has 1 aliphatic rings. The summed E-state index contributed by atoms with van der Waals surface area (Å²) in [5.74, 6) is 1.13. The van der Waals surface area contributed by atoms with Gasteiger partial charge in [0.15, 0.2) is 0 Å². The molecule has 0 spiro atoms. The zero-order chi connectivity index (χ0) is 25.1. The molecule has 0 aliphatic carbocycles. The maximum Gasteiger partial charge on any atom is 0.240 e. The summed E-state index contributed by atoms with van der Waals surface area (Å²) in [4.78, 5) is 21.7. The van der Waals surface area contributed by atoms with Crippen LogP contribution in [0.4, 0.5) is 5.69 Å². The second-order valence-corrected chi connectivity index (χ2v) is 10.6. The number of nitrogens with two attached hydrogens (primary N) is 1. The van der Waals surface area contributed by atoms with E-state index in [0.29, 0.717) is 12.6 Å². The molecule has 8 nitrogen and oxygen atoms in total. The lowest BCUT2D eigenvalue weighted by atomic mass is 10.1. The van der Waals surface area contributed by atoms with Crippen LogP contribution in [0.3, 0.4) is 0 Å². The van der Waals surface area contributed by atoms with Crippen LogP contribution < -0.4 is 10.6 Å². The molecule has 4 rings (SSSR count). The van der Waals surface area contributed by atoms with Gasteiger partial charge >= 0.3 is 0 Å². The summed E-state index contributed by atoms with van der Waals surface area (Å²) in [7, 11) is 3.85. The van der Waals surface area contributed by atoms with Crippen molar-refractivity contribution >= 4 is 56.4 Å². The molecule has 3 N–H and O–H groups in total.